The molecule has 0 aromatic rings. The average molecular weight is 1390 g/mol. The fraction of sp³-hybridized carbons (Fsp3) is 1.00. The number of likely N-dealkylation sites (tertiary alicyclic amines) is 3. The molecule has 0 aromatic heterocycles. The van der Waals surface area contributed by atoms with E-state index in [1.54, 1.807) is 9.80 Å². The van der Waals surface area contributed by atoms with Gasteiger partial charge in [0.25, 0.3) is 11.8 Å². The molecule has 0 aromatic carbocycles. The van der Waals surface area contributed by atoms with Gasteiger partial charge in [-0.05, 0) is 200 Å². The van der Waals surface area contributed by atoms with Crippen LogP contribution in [0.5, 0.6) is 0 Å². The molecule has 10 aliphatic rings. The molecule has 96 heavy (non-hydrogen) atoms. The minimum absolute atomic E-state index is 0.0775. The SMILES string of the molecule is CC(C)N1CC2CNCC2C1.CC(C)N1CCNCC1.CC(C)N1C[C@@H](N)CC(F)(F)C1.CC(C)N1C[C@H](N)CC(F)(F)C1.CC(C)OCC1(C)COC1.CC(C)OCC1CCCCO1.CC(C)OCC1CCCO1.CC(C)OCC1COC1.CC(C)O[C@@H]1CCC[C@@H](C)[C@@H]1O. The maximum atomic E-state index is 12.9. The molecule has 7 N–H and O–H groups in total. The highest BCUT2D eigenvalue weighted by Crippen LogP contribution is 2.31. The highest BCUT2D eigenvalue weighted by Gasteiger charge is 2.41. The predicted molar refractivity (Wildman–Crippen MR) is 384 cm³/mol. The van der Waals surface area contributed by atoms with Gasteiger partial charge in [-0.3, -0.25) is 14.7 Å². The number of fused-ring (bicyclic) bond motifs is 1. The third-order valence-electron chi connectivity index (χ3n) is 18.5. The Labute approximate surface area is 584 Å². The molecule has 1 aliphatic carbocycles. The number of rotatable bonds is 18. The Kier molecular flexibility index (Phi) is 46.4. The van der Waals surface area contributed by atoms with Crippen LogP contribution in [-0.4, -0.2) is 272 Å². The molecule has 10 fully saturated rings. The summed E-state index contributed by atoms with van der Waals surface area (Å²) in [6.07, 6.45) is 11.3. The number of aliphatic hydroxyl groups excluding tert-OH is 1. The lowest BCUT2D eigenvalue weighted by Crippen LogP contribution is -2.54. The van der Waals surface area contributed by atoms with E-state index in [4.69, 9.17) is 54.1 Å². The quantitative estimate of drug-likeness (QED) is 0.0813. The molecule has 9 saturated heterocycles. The zero-order chi connectivity index (χ0) is 72.2. The number of piperazine rings is 1. The minimum Gasteiger partial charge on any atom is -0.390 e. The Balaban J connectivity index is 0.000000368. The summed E-state index contributed by atoms with van der Waals surface area (Å²) in [5.74, 6) is -2.20. The lowest BCUT2D eigenvalue weighted by Gasteiger charge is -2.38. The van der Waals surface area contributed by atoms with E-state index in [0.717, 1.165) is 116 Å². The van der Waals surface area contributed by atoms with Crippen LogP contribution in [0.2, 0.25) is 0 Å². The first-order valence-electron chi connectivity index (χ1n) is 37.8. The average Bonchev–Trinajstić information content (AvgIpc) is 1.41. The number of alkyl halides is 4. The van der Waals surface area contributed by atoms with Crippen molar-refractivity contribution in [2.45, 2.75) is 306 Å². The van der Waals surface area contributed by atoms with E-state index in [1.807, 2.05) is 41.5 Å². The van der Waals surface area contributed by atoms with Crippen molar-refractivity contribution < 1.29 is 65.3 Å². The van der Waals surface area contributed by atoms with E-state index in [0.29, 0.717) is 67.0 Å². The van der Waals surface area contributed by atoms with E-state index < -0.39 is 11.8 Å². The molecule has 18 nitrogen and oxygen atoms in total. The highest BCUT2D eigenvalue weighted by molar-refractivity contribution is 4.93. The van der Waals surface area contributed by atoms with E-state index in [9.17, 15) is 22.7 Å². The molecular formula is C74H150F4N8O10. The van der Waals surface area contributed by atoms with Crippen LogP contribution in [-0.2, 0) is 42.6 Å². The molecule has 9 heterocycles. The van der Waals surface area contributed by atoms with Crippen molar-refractivity contribution in [3.8, 4) is 0 Å². The summed E-state index contributed by atoms with van der Waals surface area (Å²) in [7, 11) is 0. The summed E-state index contributed by atoms with van der Waals surface area (Å²) < 4.78 is 100. The fourth-order valence-corrected chi connectivity index (χ4v) is 12.4. The van der Waals surface area contributed by atoms with E-state index >= 15 is 0 Å². The van der Waals surface area contributed by atoms with Gasteiger partial charge in [0, 0.05) is 126 Å². The van der Waals surface area contributed by atoms with Crippen molar-refractivity contribution in [3.63, 3.8) is 0 Å². The maximum absolute atomic E-state index is 12.9. The number of hydrogen-bond donors (Lipinski definition) is 5. The Bertz CT molecular complexity index is 1830. The monoisotopic (exact) mass is 1390 g/mol. The smallest absolute Gasteiger partial charge is 0.262 e. The molecule has 10 rings (SSSR count). The van der Waals surface area contributed by atoms with Crippen LogP contribution >= 0.6 is 0 Å². The number of aliphatic hydroxyl groups is 1. The molecule has 0 spiro atoms. The number of ether oxygens (including phenoxy) is 9. The summed E-state index contributed by atoms with van der Waals surface area (Å²) in [4.78, 5) is 8.56. The molecule has 9 aliphatic heterocycles. The molecule has 0 bridgehead atoms. The van der Waals surface area contributed by atoms with Gasteiger partial charge in [0.2, 0.25) is 0 Å². The Morgan fingerprint density at radius 3 is 1.31 bits per heavy atom. The maximum Gasteiger partial charge on any atom is 0.262 e. The van der Waals surface area contributed by atoms with Crippen molar-refractivity contribution in [3.05, 3.63) is 0 Å². The summed E-state index contributed by atoms with van der Waals surface area (Å²) >= 11 is 0. The van der Waals surface area contributed by atoms with Crippen molar-refractivity contribution in [1.82, 2.24) is 30.2 Å². The topological polar surface area (TPSA) is 192 Å². The van der Waals surface area contributed by atoms with Crippen LogP contribution in [0, 0.1) is 29.1 Å². The zero-order valence-electron chi connectivity index (χ0n) is 64.7. The van der Waals surface area contributed by atoms with Crippen LogP contribution in [0.4, 0.5) is 17.6 Å². The number of nitrogens with one attached hydrogen (secondary N) is 2. The fourth-order valence-electron chi connectivity index (χ4n) is 12.4. The molecule has 574 valence electrons. The van der Waals surface area contributed by atoms with Gasteiger partial charge in [-0.2, -0.15) is 0 Å². The van der Waals surface area contributed by atoms with Gasteiger partial charge in [0.1, 0.15) is 0 Å². The Morgan fingerprint density at radius 1 is 0.510 bits per heavy atom. The summed E-state index contributed by atoms with van der Waals surface area (Å²) in [5, 5.41) is 16.5. The van der Waals surface area contributed by atoms with Gasteiger partial charge in [-0.25, -0.2) is 17.6 Å². The number of nitrogens with zero attached hydrogens (tertiary/aromatic N) is 4. The van der Waals surface area contributed by atoms with Crippen molar-refractivity contribution in [1.29, 1.82) is 0 Å². The normalized spacial score (nSPS) is 28.9. The van der Waals surface area contributed by atoms with Crippen LogP contribution in [0.3, 0.4) is 0 Å². The molecule has 4 unspecified atom stereocenters. The molecular weight excluding hydrogens is 1240 g/mol. The predicted octanol–water partition coefficient (Wildman–Crippen LogP) is 11.0. The summed E-state index contributed by atoms with van der Waals surface area (Å²) in [6.45, 7) is 61.0. The molecule has 22 heteroatoms. The van der Waals surface area contributed by atoms with Gasteiger partial charge >= 0.3 is 0 Å². The van der Waals surface area contributed by atoms with Crippen molar-refractivity contribution in [2.75, 3.05) is 145 Å². The van der Waals surface area contributed by atoms with Crippen LogP contribution < -0.4 is 22.1 Å². The first-order chi connectivity index (χ1) is 45.0. The molecule has 9 atom stereocenters. The standard InChI is InChI=1S/C10H20O2.C9H18N2.C9H18O2.2C8H16F2N2.2C8H16O2.C7H16N2.C7H14O2/c1-7(2)12-9-6-4-5-8(3)10(9)11;1-7(2)11-5-8-3-10-4-9(8)6-11;1-8(2)11-7-9-5-3-4-6-10-9;2*1-6(2)12-4-7(11)3-8(9,10)5-12;1-7(2)10-6-8(3)4-9-5-8;1-7(2)10-6-8-4-3-5-9-8;1-7(2)9-5-3-8-4-6-9;1-6(2)9-5-7-3-8-4-7/h7-11H,4-6H2,1-3H3;7-10H,3-6H2,1-2H3;8-9H,3-7H2,1-2H3;2*6-7H,3-5,11H2,1-2H3;7H,4-6H2,1-3H3;7-8H,3-6H2,1-2H3;7-8H,3-6H2,1-2H3;6-7H,3-5H2,1-2H3/t8-,9-,10+;;;2*7-;;;;/m1..10..../s1. The Morgan fingerprint density at radius 2 is 0.958 bits per heavy atom. The van der Waals surface area contributed by atoms with Gasteiger partial charge in [-0.1, -0.05) is 20.3 Å². The van der Waals surface area contributed by atoms with Gasteiger partial charge in [0.15, 0.2) is 0 Å². The number of piperidine rings is 2. The number of hydrogen-bond acceptors (Lipinski definition) is 18. The second-order valence-electron chi connectivity index (χ2n) is 31.8. The highest BCUT2D eigenvalue weighted by atomic mass is 19.3. The van der Waals surface area contributed by atoms with Gasteiger partial charge in [0.05, 0.1) is 121 Å². The first kappa shape index (κ1) is 91.1. The Hall–Kier alpha value is -1.00. The molecule has 0 amide bonds. The van der Waals surface area contributed by atoms with Gasteiger partial charge < -0.3 is 74.7 Å². The first-order valence-corrected chi connectivity index (χ1v) is 37.8. The van der Waals surface area contributed by atoms with Crippen molar-refractivity contribution >= 4 is 0 Å². The zero-order valence-corrected chi connectivity index (χ0v) is 64.7. The summed E-state index contributed by atoms with van der Waals surface area (Å²) in [5.41, 5.74) is 11.3. The van der Waals surface area contributed by atoms with Crippen LogP contribution in [0.15, 0.2) is 0 Å². The molecule has 0 radical (unpaired) electrons. The lowest BCUT2D eigenvalue weighted by molar-refractivity contribution is -0.145. The van der Waals surface area contributed by atoms with E-state index in [1.165, 1.54) is 77.8 Å². The molecule has 1 saturated carbocycles. The lowest BCUT2D eigenvalue weighted by atomic mass is 9.86. The number of halogens is 4. The van der Waals surface area contributed by atoms with Crippen molar-refractivity contribution in [2.24, 2.45) is 40.6 Å². The van der Waals surface area contributed by atoms with Crippen LogP contribution in [0.25, 0.3) is 0 Å². The minimum atomic E-state index is -2.60. The van der Waals surface area contributed by atoms with Crippen LogP contribution in [0.1, 0.15) is 203 Å². The third kappa shape index (κ3) is 41.9. The van der Waals surface area contributed by atoms with Gasteiger partial charge in [-0.15, -0.1) is 0 Å². The largest absolute Gasteiger partial charge is 0.390 e. The second-order valence-corrected chi connectivity index (χ2v) is 31.8. The van der Waals surface area contributed by atoms with E-state index in [-0.39, 0.29) is 68.4 Å². The second kappa shape index (κ2) is 48.9. The van der Waals surface area contributed by atoms with E-state index in [2.05, 4.69) is 117 Å². The summed E-state index contributed by atoms with van der Waals surface area (Å²) in [6, 6.07) is 1.03. The third-order valence-corrected chi connectivity index (χ3v) is 18.5. The number of nitrogens with two attached hydrogens (primary N) is 2.